The van der Waals surface area contributed by atoms with Gasteiger partial charge in [-0.2, -0.15) is 0 Å². The Bertz CT molecular complexity index is 232. The molecule has 0 atom stereocenters. The third-order valence-electron chi connectivity index (χ3n) is 1.93. The van der Waals surface area contributed by atoms with Crippen LogP contribution in [0, 0.1) is 0 Å². The van der Waals surface area contributed by atoms with Gasteiger partial charge in [-0.05, 0) is 23.3 Å². The van der Waals surface area contributed by atoms with Gasteiger partial charge in [0.25, 0.3) is 0 Å². The van der Waals surface area contributed by atoms with Gasteiger partial charge in [0.05, 0.1) is 6.04 Å². The van der Waals surface area contributed by atoms with Crippen molar-refractivity contribution in [2.24, 2.45) is 0 Å². The lowest BCUT2D eigenvalue weighted by Crippen LogP contribution is -2.04. The van der Waals surface area contributed by atoms with Crippen LogP contribution in [0.15, 0.2) is 0 Å². The molecule has 2 rings (SSSR count). The lowest BCUT2D eigenvalue weighted by Gasteiger charge is -2.03. The molecule has 1 saturated carbocycles. The fourth-order valence-electron chi connectivity index (χ4n) is 1.16. The zero-order valence-corrected chi connectivity index (χ0v) is 6.86. The van der Waals surface area contributed by atoms with Crippen LogP contribution in [0.1, 0.15) is 44.5 Å². The van der Waals surface area contributed by atoms with Crippen LogP contribution < -0.4 is 0 Å². The quantitative estimate of drug-likeness (QED) is 0.638. The van der Waals surface area contributed by atoms with Gasteiger partial charge in [0.15, 0.2) is 5.82 Å². The van der Waals surface area contributed by atoms with Crippen LogP contribution in [0.25, 0.3) is 0 Å². The van der Waals surface area contributed by atoms with E-state index < -0.39 is 0 Å². The van der Waals surface area contributed by atoms with Gasteiger partial charge in [-0.15, -0.1) is 5.10 Å². The normalized spacial score (nSPS) is 17.7. The Labute approximate surface area is 65.6 Å². The molecule has 60 valence electrons. The van der Waals surface area contributed by atoms with Gasteiger partial charge in [0, 0.05) is 5.92 Å². The van der Waals surface area contributed by atoms with Crippen molar-refractivity contribution in [3.8, 4) is 0 Å². The van der Waals surface area contributed by atoms with Gasteiger partial charge in [0.2, 0.25) is 0 Å². The van der Waals surface area contributed by atoms with Crippen molar-refractivity contribution in [3.63, 3.8) is 0 Å². The predicted octanol–water partition coefficient (Wildman–Crippen LogP) is 1.13. The molecule has 0 aliphatic heterocycles. The van der Waals surface area contributed by atoms with E-state index in [1.165, 1.54) is 12.8 Å². The predicted molar refractivity (Wildman–Crippen MR) is 40.2 cm³/mol. The van der Waals surface area contributed by atoms with E-state index in [2.05, 4.69) is 29.4 Å². The van der Waals surface area contributed by atoms with E-state index in [9.17, 15) is 0 Å². The molecule has 0 N–H and O–H groups in total. The van der Waals surface area contributed by atoms with Gasteiger partial charge >= 0.3 is 0 Å². The Morgan fingerprint density at radius 3 is 2.73 bits per heavy atom. The van der Waals surface area contributed by atoms with Crippen LogP contribution in [0.4, 0.5) is 0 Å². The monoisotopic (exact) mass is 152 g/mol. The molecule has 4 nitrogen and oxygen atoms in total. The van der Waals surface area contributed by atoms with Gasteiger partial charge in [0.1, 0.15) is 0 Å². The second-order valence-electron chi connectivity index (χ2n) is 3.37. The minimum absolute atomic E-state index is 0.436. The summed E-state index contributed by atoms with van der Waals surface area (Å²) in [5.74, 6) is 1.46. The SMILES string of the molecule is CC(C)c1nnnn1C1CC1. The Balaban J connectivity index is 2.30. The largest absolute Gasteiger partial charge is 0.226 e. The molecule has 1 aliphatic carbocycles. The lowest BCUT2D eigenvalue weighted by atomic mass is 10.2. The molecule has 0 amide bonds. The molecule has 1 aromatic heterocycles. The van der Waals surface area contributed by atoms with Crippen molar-refractivity contribution in [1.29, 1.82) is 0 Å². The lowest BCUT2D eigenvalue weighted by molar-refractivity contribution is 0.564. The van der Waals surface area contributed by atoms with Crippen LogP contribution in [0.3, 0.4) is 0 Å². The first-order chi connectivity index (χ1) is 5.29. The van der Waals surface area contributed by atoms with E-state index in [0.29, 0.717) is 12.0 Å². The number of hydrogen-bond donors (Lipinski definition) is 0. The molecule has 11 heavy (non-hydrogen) atoms. The fraction of sp³-hybridized carbons (Fsp3) is 0.857. The van der Waals surface area contributed by atoms with Gasteiger partial charge in [-0.1, -0.05) is 13.8 Å². The van der Waals surface area contributed by atoms with Crippen molar-refractivity contribution in [2.75, 3.05) is 0 Å². The van der Waals surface area contributed by atoms with E-state index in [1.807, 2.05) is 4.68 Å². The first kappa shape index (κ1) is 6.76. The summed E-state index contributed by atoms with van der Waals surface area (Å²) in [4.78, 5) is 0. The number of hydrogen-bond acceptors (Lipinski definition) is 3. The Hall–Kier alpha value is -0.930. The second kappa shape index (κ2) is 2.29. The van der Waals surface area contributed by atoms with Gasteiger partial charge in [-0.3, -0.25) is 0 Å². The molecule has 1 heterocycles. The molecule has 0 spiro atoms. The van der Waals surface area contributed by atoms with Crippen molar-refractivity contribution in [2.45, 2.75) is 38.6 Å². The highest BCUT2D eigenvalue weighted by atomic mass is 15.6. The maximum atomic E-state index is 3.98. The van der Waals surface area contributed by atoms with E-state index in [-0.39, 0.29) is 0 Å². The minimum Gasteiger partial charge on any atom is -0.226 e. The van der Waals surface area contributed by atoms with Crippen LogP contribution in [-0.4, -0.2) is 20.2 Å². The summed E-state index contributed by atoms with van der Waals surface area (Å²) in [5.41, 5.74) is 0. The van der Waals surface area contributed by atoms with Crippen molar-refractivity contribution < 1.29 is 0 Å². The van der Waals surface area contributed by atoms with Crippen LogP contribution in [-0.2, 0) is 0 Å². The molecule has 4 heteroatoms. The Morgan fingerprint density at radius 1 is 1.45 bits per heavy atom. The zero-order valence-electron chi connectivity index (χ0n) is 6.86. The van der Waals surface area contributed by atoms with Crippen LogP contribution in [0.5, 0.6) is 0 Å². The standard InChI is InChI=1S/C7H12N4/c1-5(2)7-8-9-10-11(7)6-3-4-6/h5-6H,3-4H2,1-2H3. The first-order valence-electron chi connectivity index (χ1n) is 4.07. The summed E-state index contributed by atoms with van der Waals surface area (Å²) < 4.78 is 1.96. The van der Waals surface area contributed by atoms with Crippen LogP contribution >= 0.6 is 0 Å². The summed E-state index contributed by atoms with van der Waals surface area (Å²) >= 11 is 0. The molecule has 0 saturated heterocycles. The second-order valence-corrected chi connectivity index (χ2v) is 3.37. The van der Waals surface area contributed by atoms with E-state index in [1.54, 1.807) is 0 Å². The zero-order chi connectivity index (χ0) is 7.84. The van der Waals surface area contributed by atoms with Crippen molar-refractivity contribution in [1.82, 2.24) is 20.2 Å². The first-order valence-corrected chi connectivity index (χ1v) is 4.07. The number of nitrogens with zero attached hydrogens (tertiary/aromatic N) is 4. The molecule has 0 unspecified atom stereocenters. The van der Waals surface area contributed by atoms with E-state index in [4.69, 9.17) is 0 Å². The molecule has 1 aliphatic rings. The highest BCUT2D eigenvalue weighted by molar-refractivity contribution is 4.94. The minimum atomic E-state index is 0.436. The average molecular weight is 152 g/mol. The van der Waals surface area contributed by atoms with Crippen molar-refractivity contribution in [3.05, 3.63) is 5.82 Å². The number of tetrazole rings is 1. The highest BCUT2D eigenvalue weighted by Gasteiger charge is 2.28. The summed E-state index contributed by atoms with van der Waals surface area (Å²) in [5, 5.41) is 11.6. The maximum absolute atomic E-state index is 3.98. The molecular formula is C7H12N4. The molecular weight excluding hydrogens is 140 g/mol. The maximum Gasteiger partial charge on any atom is 0.154 e. The molecule has 0 radical (unpaired) electrons. The summed E-state index contributed by atoms with van der Waals surface area (Å²) in [6, 6.07) is 0.599. The fourth-order valence-corrected chi connectivity index (χ4v) is 1.16. The molecule has 1 fully saturated rings. The smallest absolute Gasteiger partial charge is 0.154 e. The summed E-state index contributed by atoms with van der Waals surface area (Å²) in [6.07, 6.45) is 2.48. The van der Waals surface area contributed by atoms with Gasteiger partial charge < -0.3 is 0 Å². The van der Waals surface area contributed by atoms with Crippen molar-refractivity contribution >= 4 is 0 Å². The summed E-state index contributed by atoms with van der Waals surface area (Å²) in [7, 11) is 0. The molecule has 1 aromatic rings. The highest BCUT2D eigenvalue weighted by Crippen LogP contribution is 2.35. The molecule has 0 bridgehead atoms. The third kappa shape index (κ3) is 1.13. The Morgan fingerprint density at radius 2 is 2.18 bits per heavy atom. The third-order valence-corrected chi connectivity index (χ3v) is 1.93. The number of aromatic nitrogens is 4. The van der Waals surface area contributed by atoms with Gasteiger partial charge in [-0.25, -0.2) is 4.68 Å². The van der Waals surface area contributed by atoms with E-state index >= 15 is 0 Å². The molecule has 0 aromatic carbocycles. The Kier molecular flexibility index (Phi) is 1.41. The van der Waals surface area contributed by atoms with Crippen LogP contribution in [0.2, 0.25) is 0 Å². The topological polar surface area (TPSA) is 43.6 Å². The van der Waals surface area contributed by atoms with E-state index in [0.717, 1.165) is 5.82 Å². The summed E-state index contributed by atoms with van der Waals surface area (Å²) in [6.45, 7) is 4.23. The average Bonchev–Trinajstić information content (AvgIpc) is 2.68. The number of rotatable bonds is 2.